The zero-order valence-electron chi connectivity index (χ0n) is 13.2. The molecule has 2 aromatic heterocycles. The van der Waals surface area contributed by atoms with Crippen molar-refractivity contribution in [3.8, 4) is 22.8 Å². The third kappa shape index (κ3) is 3.02. The number of nitrogens with zero attached hydrogens (tertiary/aromatic N) is 3. The molecule has 0 aliphatic rings. The third-order valence-corrected chi connectivity index (χ3v) is 3.61. The first-order valence-corrected chi connectivity index (χ1v) is 7.35. The van der Waals surface area contributed by atoms with Crippen molar-refractivity contribution in [2.45, 2.75) is 0 Å². The Hall–Kier alpha value is -3.74. The number of hydrogen-bond donors (Lipinski definition) is 3. The number of nitrogen functional groups attached to an aromatic ring is 1. The number of anilines is 1. The molecule has 0 radical (unpaired) electrons. The average molecular weight is 333 g/mol. The fraction of sp³-hybridized carbons (Fsp3) is 0. The summed E-state index contributed by atoms with van der Waals surface area (Å²) in [6, 6.07) is 6.35. The van der Waals surface area contributed by atoms with Crippen LogP contribution in [0.4, 0.5) is 5.82 Å². The molecule has 2 heterocycles. The summed E-state index contributed by atoms with van der Waals surface area (Å²) in [5.74, 6) is -0.301. The van der Waals surface area contributed by atoms with Gasteiger partial charge in [0.15, 0.2) is 11.6 Å². The van der Waals surface area contributed by atoms with Gasteiger partial charge in [0.25, 0.3) is 0 Å². The molecule has 0 bridgehead atoms. The number of nitrogens with one attached hydrogen (secondary N) is 1. The third-order valence-electron chi connectivity index (χ3n) is 3.61. The van der Waals surface area contributed by atoms with Crippen molar-refractivity contribution >= 4 is 23.9 Å². The van der Waals surface area contributed by atoms with Gasteiger partial charge in [0.05, 0.1) is 28.8 Å². The van der Waals surface area contributed by atoms with Crippen LogP contribution in [-0.2, 0) is 0 Å². The van der Waals surface area contributed by atoms with Crippen molar-refractivity contribution in [3.05, 3.63) is 60.6 Å². The van der Waals surface area contributed by atoms with Gasteiger partial charge >= 0.3 is 5.97 Å². The minimum atomic E-state index is -0.986. The highest BCUT2D eigenvalue weighted by Gasteiger charge is 2.14. The number of carbonyl (C=O) groups is 1. The molecular formula is C18H15N5O2. The summed E-state index contributed by atoms with van der Waals surface area (Å²) in [5.41, 5.74) is 9.17. The fourth-order valence-corrected chi connectivity index (χ4v) is 2.32. The molecular weight excluding hydrogens is 318 g/mol. The van der Waals surface area contributed by atoms with Gasteiger partial charge in [0, 0.05) is 5.56 Å². The van der Waals surface area contributed by atoms with E-state index in [1.54, 1.807) is 24.3 Å². The molecule has 3 aromatic rings. The van der Waals surface area contributed by atoms with Gasteiger partial charge in [-0.1, -0.05) is 25.3 Å². The summed E-state index contributed by atoms with van der Waals surface area (Å²) in [4.78, 5) is 27.1. The predicted molar refractivity (Wildman–Crippen MR) is 96.6 cm³/mol. The molecule has 0 aliphatic carbocycles. The minimum absolute atomic E-state index is 0.199. The quantitative estimate of drug-likeness (QED) is 0.660. The Labute approximate surface area is 143 Å². The van der Waals surface area contributed by atoms with E-state index in [4.69, 9.17) is 10.8 Å². The second kappa shape index (κ2) is 6.40. The standard InChI is InChI=1S/C18H15N5O2/c1-3-12-13(4-2)23-17(22-12)15-16(19)20-9-14(21-15)10-5-7-11(8-6-10)18(24)25/h3-9H,1-2H2,(H2,19,20)(H,22,23)(H,24,25). The van der Waals surface area contributed by atoms with Crippen molar-refractivity contribution in [2.75, 3.05) is 5.73 Å². The fourth-order valence-electron chi connectivity index (χ4n) is 2.32. The monoisotopic (exact) mass is 333 g/mol. The van der Waals surface area contributed by atoms with E-state index >= 15 is 0 Å². The Morgan fingerprint density at radius 1 is 1.16 bits per heavy atom. The number of carboxylic acid groups (broad SMARTS) is 1. The normalized spacial score (nSPS) is 10.4. The Morgan fingerprint density at radius 2 is 1.88 bits per heavy atom. The molecule has 0 saturated heterocycles. The molecule has 0 unspecified atom stereocenters. The number of aromatic carboxylic acids is 1. The van der Waals surface area contributed by atoms with Crippen LogP contribution in [0.1, 0.15) is 21.7 Å². The van der Waals surface area contributed by atoms with Gasteiger partial charge in [-0.2, -0.15) is 0 Å². The molecule has 0 saturated carbocycles. The van der Waals surface area contributed by atoms with Crippen LogP contribution in [0.3, 0.4) is 0 Å². The number of rotatable bonds is 5. The van der Waals surface area contributed by atoms with Gasteiger partial charge in [-0.05, 0) is 24.3 Å². The van der Waals surface area contributed by atoms with Gasteiger partial charge in [-0.15, -0.1) is 0 Å². The summed E-state index contributed by atoms with van der Waals surface area (Å²) in [6.45, 7) is 7.43. The van der Waals surface area contributed by atoms with E-state index < -0.39 is 5.97 Å². The number of nitrogens with two attached hydrogens (primary N) is 1. The maximum atomic E-state index is 11.0. The van der Waals surface area contributed by atoms with E-state index in [0.717, 1.165) is 5.56 Å². The Morgan fingerprint density at radius 3 is 2.44 bits per heavy atom. The molecule has 0 spiro atoms. The maximum Gasteiger partial charge on any atom is 0.335 e. The van der Waals surface area contributed by atoms with Crippen LogP contribution in [0, 0.1) is 0 Å². The molecule has 1 aromatic carbocycles. The van der Waals surface area contributed by atoms with Crippen LogP contribution in [0.2, 0.25) is 0 Å². The maximum absolute atomic E-state index is 11.0. The minimum Gasteiger partial charge on any atom is -0.478 e. The van der Waals surface area contributed by atoms with Crippen LogP contribution >= 0.6 is 0 Å². The summed E-state index contributed by atoms with van der Waals surface area (Å²) >= 11 is 0. The van der Waals surface area contributed by atoms with Crippen molar-refractivity contribution in [2.24, 2.45) is 0 Å². The number of imidazole rings is 1. The van der Waals surface area contributed by atoms with Crippen molar-refractivity contribution in [1.29, 1.82) is 0 Å². The highest BCUT2D eigenvalue weighted by atomic mass is 16.4. The van der Waals surface area contributed by atoms with Gasteiger partial charge in [0.1, 0.15) is 5.69 Å². The number of aromatic nitrogens is 4. The topological polar surface area (TPSA) is 118 Å². The Kier molecular flexibility index (Phi) is 4.13. The van der Waals surface area contributed by atoms with E-state index in [1.807, 2.05) is 0 Å². The zero-order chi connectivity index (χ0) is 18.0. The molecule has 7 nitrogen and oxygen atoms in total. The first-order valence-electron chi connectivity index (χ1n) is 7.35. The second-order valence-corrected chi connectivity index (χ2v) is 5.16. The molecule has 3 rings (SSSR count). The van der Waals surface area contributed by atoms with Crippen LogP contribution in [0.5, 0.6) is 0 Å². The van der Waals surface area contributed by atoms with Gasteiger partial charge in [-0.25, -0.2) is 19.7 Å². The zero-order valence-corrected chi connectivity index (χ0v) is 13.2. The Bertz CT molecular complexity index is 948. The summed E-state index contributed by atoms with van der Waals surface area (Å²) < 4.78 is 0. The SMILES string of the molecule is C=Cc1nc(-c2nc(-c3ccc(C(=O)O)cc3)cnc2N)[nH]c1C=C. The number of H-pyrrole nitrogens is 1. The van der Waals surface area contributed by atoms with E-state index in [0.29, 0.717) is 28.6 Å². The second-order valence-electron chi connectivity index (χ2n) is 5.16. The summed E-state index contributed by atoms with van der Waals surface area (Å²) in [5, 5.41) is 8.98. The lowest BCUT2D eigenvalue weighted by atomic mass is 10.1. The lowest BCUT2D eigenvalue weighted by molar-refractivity contribution is 0.0697. The van der Waals surface area contributed by atoms with Crippen molar-refractivity contribution in [3.63, 3.8) is 0 Å². The van der Waals surface area contributed by atoms with Crippen LogP contribution < -0.4 is 5.73 Å². The lowest BCUT2D eigenvalue weighted by Crippen LogP contribution is -2.00. The van der Waals surface area contributed by atoms with Gasteiger partial charge in [0.2, 0.25) is 0 Å². The van der Waals surface area contributed by atoms with Gasteiger partial charge < -0.3 is 15.8 Å². The number of benzene rings is 1. The molecule has 4 N–H and O–H groups in total. The molecule has 0 fully saturated rings. The smallest absolute Gasteiger partial charge is 0.335 e. The number of hydrogen-bond acceptors (Lipinski definition) is 5. The summed E-state index contributed by atoms with van der Waals surface area (Å²) in [6.07, 6.45) is 4.76. The molecule has 0 amide bonds. The highest BCUT2D eigenvalue weighted by Crippen LogP contribution is 2.26. The van der Waals surface area contributed by atoms with Gasteiger partial charge in [-0.3, -0.25) is 0 Å². The van der Waals surface area contributed by atoms with Crippen LogP contribution in [-0.4, -0.2) is 31.0 Å². The van der Waals surface area contributed by atoms with E-state index in [1.165, 1.54) is 18.3 Å². The molecule has 7 heteroatoms. The predicted octanol–water partition coefficient (Wildman–Crippen LogP) is 3.10. The molecule has 0 aliphatic heterocycles. The largest absolute Gasteiger partial charge is 0.478 e. The molecule has 25 heavy (non-hydrogen) atoms. The van der Waals surface area contributed by atoms with E-state index in [2.05, 4.69) is 33.1 Å². The first kappa shape index (κ1) is 16.1. The molecule has 0 atom stereocenters. The van der Waals surface area contributed by atoms with Crippen LogP contribution in [0.25, 0.3) is 34.9 Å². The van der Waals surface area contributed by atoms with Crippen molar-refractivity contribution < 1.29 is 9.90 Å². The average Bonchev–Trinajstić information content (AvgIpc) is 3.05. The van der Waals surface area contributed by atoms with Crippen molar-refractivity contribution in [1.82, 2.24) is 19.9 Å². The van der Waals surface area contributed by atoms with Crippen LogP contribution in [0.15, 0.2) is 43.6 Å². The Balaban J connectivity index is 2.06. The van der Waals surface area contributed by atoms with E-state index in [-0.39, 0.29) is 11.4 Å². The van der Waals surface area contributed by atoms with E-state index in [9.17, 15) is 4.79 Å². The molecule has 124 valence electrons. The highest BCUT2D eigenvalue weighted by molar-refractivity contribution is 5.88. The first-order chi connectivity index (χ1) is 12.0. The number of aromatic amines is 1. The number of carboxylic acids is 1. The lowest BCUT2D eigenvalue weighted by Gasteiger charge is -2.06. The summed E-state index contributed by atoms with van der Waals surface area (Å²) in [7, 11) is 0.